The van der Waals surface area contributed by atoms with E-state index in [9.17, 15) is 0 Å². The van der Waals surface area contributed by atoms with Gasteiger partial charge >= 0.3 is 0 Å². The smallest absolute Gasteiger partial charge is 0.0471 e. The minimum Gasteiger partial charge on any atom is -0.396 e. The zero-order valence-electron chi connectivity index (χ0n) is 7.00. The first-order valence-electron chi connectivity index (χ1n) is 4.31. The molecule has 1 rings (SSSR count). The van der Waals surface area contributed by atoms with E-state index in [1.165, 1.54) is 19.4 Å². The summed E-state index contributed by atoms with van der Waals surface area (Å²) in [5.41, 5.74) is 0. The number of nitrogens with zero attached hydrogens (tertiary/aromatic N) is 1. The number of likely N-dealkylation sites (tertiary alicyclic amines) is 1. The molecule has 0 amide bonds. The van der Waals surface area contributed by atoms with E-state index in [0.29, 0.717) is 12.5 Å². The Kier molecular flexibility index (Phi) is 3.60. The highest BCUT2D eigenvalue weighted by Crippen LogP contribution is 2.14. The van der Waals surface area contributed by atoms with Crippen LogP contribution in [0.4, 0.5) is 0 Å². The average Bonchev–Trinajstić information content (AvgIpc) is 2.06. The molecule has 0 bridgehead atoms. The van der Waals surface area contributed by atoms with Crippen LogP contribution in [-0.4, -0.2) is 36.2 Å². The van der Waals surface area contributed by atoms with Crippen molar-refractivity contribution in [2.45, 2.75) is 12.8 Å². The fourth-order valence-electron chi connectivity index (χ4n) is 1.65. The van der Waals surface area contributed by atoms with Crippen LogP contribution in [0.5, 0.6) is 0 Å². The standard InChI is InChI=1S/C9H17NO/c1-2-5-10-6-3-4-9(7-10)8-11/h2,9,11H,1,3-8H2/t9-/m1/s1. The normalized spacial score (nSPS) is 26.8. The predicted octanol–water partition coefficient (Wildman–Crippen LogP) is 0.877. The van der Waals surface area contributed by atoms with Crippen molar-refractivity contribution < 1.29 is 5.11 Å². The molecule has 1 atom stereocenters. The Morgan fingerprint density at radius 3 is 3.09 bits per heavy atom. The largest absolute Gasteiger partial charge is 0.396 e. The lowest BCUT2D eigenvalue weighted by atomic mass is 9.99. The van der Waals surface area contributed by atoms with E-state index in [1.54, 1.807) is 0 Å². The first kappa shape index (κ1) is 8.75. The Balaban J connectivity index is 2.27. The molecule has 2 heteroatoms. The maximum absolute atomic E-state index is 8.92. The Morgan fingerprint density at radius 2 is 2.45 bits per heavy atom. The summed E-state index contributed by atoms with van der Waals surface area (Å²) in [6.07, 6.45) is 4.34. The number of rotatable bonds is 3. The highest BCUT2D eigenvalue weighted by molar-refractivity contribution is 4.78. The van der Waals surface area contributed by atoms with E-state index in [2.05, 4.69) is 11.5 Å². The van der Waals surface area contributed by atoms with Crippen LogP contribution < -0.4 is 0 Å². The van der Waals surface area contributed by atoms with Crippen LogP contribution in [0.1, 0.15) is 12.8 Å². The van der Waals surface area contributed by atoms with Crippen LogP contribution >= 0.6 is 0 Å². The molecule has 1 aliphatic heterocycles. The van der Waals surface area contributed by atoms with Crippen molar-refractivity contribution in [1.29, 1.82) is 0 Å². The zero-order chi connectivity index (χ0) is 8.10. The molecular weight excluding hydrogens is 138 g/mol. The van der Waals surface area contributed by atoms with Crippen molar-refractivity contribution in [2.24, 2.45) is 5.92 Å². The molecule has 1 aliphatic rings. The summed E-state index contributed by atoms with van der Waals surface area (Å²) >= 11 is 0. The monoisotopic (exact) mass is 155 g/mol. The summed E-state index contributed by atoms with van der Waals surface area (Å²) in [6, 6.07) is 0. The molecule has 1 heterocycles. The van der Waals surface area contributed by atoms with Crippen molar-refractivity contribution in [3.05, 3.63) is 12.7 Å². The minimum absolute atomic E-state index is 0.341. The van der Waals surface area contributed by atoms with Crippen LogP contribution in [0.15, 0.2) is 12.7 Å². The topological polar surface area (TPSA) is 23.5 Å². The molecule has 0 saturated carbocycles. The summed E-state index contributed by atoms with van der Waals surface area (Å²) in [4.78, 5) is 2.34. The third-order valence-electron chi connectivity index (χ3n) is 2.25. The highest BCUT2D eigenvalue weighted by atomic mass is 16.3. The summed E-state index contributed by atoms with van der Waals surface area (Å²) in [6.45, 7) is 7.22. The van der Waals surface area contributed by atoms with Gasteiger partial charge in [0.15, 0.2) is 0 Å². The van der Waals surface area contributed by atoms with Crippen LogP contribution in [-0.2, 0) is 0 Å². The van der Waals surface area contributed by atoms with E-state index < -0.39 is 0 Å². The fraction of sp³-hybridized carbons (Fsp3) is 0.778. The number of aliphatic hydroxyl groups excluding tert-OH is 1. The van der Waals surface area contributed by atoms with Gasteiger partial charge in [-0.2, -0.15) is 0 Å². The molecule has 2 nitrogen and oxygen atoms in total. The molecule has 0 radical (unpaired) electrons. The number of hydrogen-bond donors (Lipinski definition) is 1. The zero-order valence-corrected chi connectivity index (χ0v) is 7.00. The molecular formula is C9H17NO. The molecule has 1 saturated heterocycles. The molecule has 11 heavy (non-hydrogen) atoms. The molecule has 64 valence electrons. The highest BCUT2D eigenvalue weighted by Gasteiger charge is 2.17. The lowest BCUT2D eigenvalue weighted by Gasteiger charge is -2.30. The van der Waals surface area contributed by atoms with E-state index >= 15 is 0 Å². The first-order chi connectivity index (χ1) is 5.36. The van der Waals surface area contributed by atoms with Gasteiger partial charge in [-0.15, -0.1) is 6.58 Å². The van der Waals surface area contributed by atoms with E-state index in [-0.39, 0.29) is 0 Å². The molecule has 0 spiro atoms. The summed E-state index contributed by atoms with van der Waals surface area (Å²) < 4.78 is 0. The van der Waals surface area contributed by atoms with Crippen molar-refractivity contribution in [3.63, 3.8) is 0 Å². The quantitative estimate of drug-likeness (QED) is 0.611. The van der Waals surface area contributed by atoms with Gasteiger partial charge in [0.2, 0.25) is 0 Å². The second kappa shape index (κ2) is 4.52. The third-order valence-corrected chi connectivity index (χ3v) is 2.25. The van der Waals surface area contributed by atoms with Crippen molar-refractivity contribution in [3.8, 4) is 0 Å². The Morgan fingerprint density at radius 1 is 1.64 bits per heavy atom. The van der Waals surface area contributed by atoms with Crippen molar-refractivity contribution >= 4 is 0 Å². The fourth-order valence-corrected chi connectivity index (χ4v) is 1.65. The third kappa shape index (κ3) is 2.64. The Bertz CT molecular complexity index is 125. The molecule has 1 fully saturated rings. The van der Waals surface area contributed by atoms with E-state index in [1.807, 2.05) is 6.08 Å². The van der Waals surface area contributed by atoms with Gasteiger partial charge in [0, 0.05) is 19.7 Å². The van der Waals surface area contributed by atoms with E-state index in [4.69, 9.17) is 5.11 Å². The minimum atomic E-state index is 0.341. The molecule has 0 unspecified atom stereocenters. The lowest BCUT2D eigenvalue weighted by Crippen LogP contribution is -2.36. The van der Waals surface area contributed by atoms with Gasteiger partial charge < -0.3 is 5.11 Å². The maximum atomic E-state index is 8.92. The molecule has 1 N–H and O–H groups in total. The maximum Gasteiger partial charge on any atom is 0.0471 e. The molecule has 0 aromatic rings. The van der Waals surface area contributed by atoms with Gasteiger partial charge in [0.05, 0.1) is 0 Å². The second-order valence-electron chi connectivity index (χ2n) is 3.24. The molecule has 0 aromatic heterocycles. The van der Waals surface area contributed by atoms with Gasteiger partial charge in [0.1, 0.15) is 0 Å². The second-order valence-corrected chi connectivity index (χ2v) is 3.24. The van der Waals surface area contributed by atoms with Crippen LogP contribution in [0.2, 0.25) is 0 Å². The van der Waals surface area contributed by atoms with Gasteiger partial charge in [-0.25, -0.2) is 0 Å². The molecule has 0 aromatic carbocycles. The Hall–Kier alpha value is -0.340. The predicted molar refractivity (Wildman–Crippen MR) is 46.4 cm³/mol. The summed E-state index contributed by atoms with van der Waals surface area (Å²) in [5.74, 6) is 0.503. The SMILES string of the molecule is C=CCN1CCC[C@@H](CO)C1. The number of hydrogen-bond acceptors (Lipinski definition) is 2. The Labute approximate surface area is 68.5 Å². The summed E-state index contributed by atoms with van der Waals surface area (Å²) in [5, 5.41) is 8.92. The summed E-state index contributed by atoms with van der Waals surface area (Å²) in [7, 11) is 0. The van der Waals surface area contributed by atoms with Crippen molar-refractivity contribution in [1.82, 2.24) is 4.90 Å². The van der Waals surface area contributed by atoms with Crippen LogP contribution in [0.25, 0.3) is 0 Å². The average molecular weight is 155 g/mol. The van der Waals surface area contributed by atoms with Gasteiger partial charge in [-0.3, -0.25) is 4.90 Å². The number of piperidine rings is 1. The van der Waals surface area contributed by atoms with Gasteiger partial charge in [0.25, 0.3) is 0 Å². The van der Waals surface area contributed by atoms with Gasteiger partial charge in [-0.05, 0) is 25.3 Å². The lowest BCUT2D eigenvalue weighted by molar-refractivity contribution is 0.129. The van der Waals surface area contributed by atoms with Gasteiger partial charge in [-0.1, -0.05) is 6.08 Å². The van der Waals surface area contributed by atoms with Crippen LogP contribution in [0.3, 0.4) is 0 Å². The first-order valence-corrected chi connectivity index (χ1v) is 4.31. The van der Waals surface area contributed by atoms with Crippen LogP contribution in [0, 0.1) is 5.92 Å². The molecule has 0 aliphatic carbocycles. The van der Waals surface area contributed by atoms with Crippen molar-refractivity contribution in [2.75, 3.05) is 26.2 Å². The van der Waals surface area contributed by atoms with E-state index in [0.717, 1.165) is 13.1 Å². The number of aliphatic hydroxyl groups is 1.